The van der Waals surface area contributed by atoms with E-state index in [1.165, 1.54) is 5.56 Å². The first-order valence-electron chi connectivity index (χ1n) is 4.43. The third-order valence-corrected chi connectivity index (χ3v) is 3.13. The average Bonchev–Trinajstić information content (AvgIpc) is 2.01. The highest BCUT2D eigenvalue weighted by atomic mass is 35.7. The number of hydrogen-bond donors (Lipinski definition) is 0. The van der Waals surface area contributed by atoms with Crippen LogP contribution in [0.5, 0.6) is 0 Å². The summed E-state index contributed by atoms with van der Waals surface area (Å²) in [5.74, 6) is -0.0978. The van der Waals surface area contributed by atoms with Crippen LogP contribution < -0.4 is 0 Å². The van der Waals surface area contributed by atoms with Gasteiger partial charge < -0.3 is 0 Å². The van der Waals surface area contributed by atoms with Crippen LogP contribution in [0.15, 0.2) is 18.2 Å². The molecule has 0 fully saturated rings. The van der Waals surface area contributed by atoms with Crippen molar-refractivity contribution in [3.05, 3.63) is 34.9 Å². The lowest BCUT2D eigenvalue weighted by atomic mass is 10.0. The normalized spacial score (nSPS) is 11.6. The minimum absolute atomic E-state index is 0.0978. The van der Waals surface area contributed by atoms with Gasteiger partial charge in [-0.25, -0.2) is 8.42 Å². The molecule has 14 heavy (non-hydrogen) atoms. The monoisotopic (exact) mass is 232 g/mol. The molecule has 0 saturated heterocycles. The van der Waals surface area contributed by atoms with E-state index in [0.717, 1.165) is 17.5 Å². The Kier molecular flexibility index (Phi) is 3.56. The number of halogens is 1. The van der Waals surface area contributed by atoms with E-state index in [9.17, 15) is 8.42 Å². The fourth-order valence-electron chi connectivity index (χ4n) is 1.44. The van der Waals surface area contributed by atoms with Gasteiger partial charge in [0.15, 0.2) is 0 Å². The predicted octanol–water partition coefficient (Wildman–Crippen LogP) is 2.63. The summed E-state index contributed by atoms with van der Waals surface area (Å²) >= 11 is 0. The van der Waals surface area contributed by atoms with Crippen molar-refractivity contribution in [2.24, 2.45) is 0 Å². The van der Waals surface area contributed by atoms with Gasteiger partial charge in [-0.1, -0.05) is 25.1 Å². The van der Waals surface area contributed by atoms with Gasteiger partial charge in [0, 0.05) is 10.7 Å². The zero-order valence-electron chi connectivity index (χ0n) is 8.25. The van der Waals surface area contributed by atoms with E-state index in [1.807, 2.05) is 25.1 Å². The molecular weight excluding hydrogens is 220 g/mol. The van der Waals surface area contributed by atoms with Crippen LogP contribution >= 0.6 is 10.7 Å². The first kappa shape index (κ1) is 11.5. The molecule has 0 N–H and O–H groups in total. The van der Waals surface area contributed by atoms with Crippen LogP contribution in [-0.2, 0) is 21.2 Å². The van der Waals surface area contributed by atoms with Crippen LogP contribution in [0.25, 0.3) is 0 Å². The van der Waals surface area contributed by atoms with Gasteiger partial charge in [-0.2, -0.15) is 0 Å². The van der Waals surface area contributed by atoms with Crippen molar-refractivity contribution in [1.29, 1.82) is 0 Å². The average molecular weight is 233 g/mol. The molecule has 0 atom stereocenters. The van der Waals surface area contributed by atoms with Crippen molar-refractivity contribution in [2.75, 3.05) is 0 Å². The van der Waals surface area contributed by atoms with Crippen molar-refractivity contribution in [1.82, 2.24) is 0 Å². The Hall–Kier alpha value is -0.540. The maximum atomic E-state index is 10.8. The van der Waals surface area contributed by atoms with Gasteiger partial charge in [0.2, 0.25) is 9.05 Å². The van der Waals surface area contributed by atoms with Crippen LogP contribution in [0.2, 0.25) is 0 Å². The predicted molar refractivity (Wildman–Crippen MR) is 59.0 cm³/mol. The summed E-state index contributed by atoms with van der Waals surface area (Å²) in [6.45, 7) is 4.05. The van der Waals surface area contributed by atoms with Crippen LogP contribution in [0.1, 0.15) is 23.6 Å². The number of benzene rings is 1. The van der Waals surface area contributed by atoms with Gasteiger partial charge in [0.05, 0.1) is 5.75 Å². The molecule has 1 rings (SSSR count). The van der Waals surface area contributed by atoms with E-state index in [1.54, 1.807) is 0 Å². The van der Waals surface area contributed by atoms with Crippen molar-refractivity contribution in [3.8, 4) is 0 Å². The first-order valence-corrected chi connectivity index (χ1v) is 6.91. The Morgan fingerprint density at radius 2 is 2.00 bits per heavy atom. The van der Waals surface area contributed by atoms with Crippen LogP contribution in [0.3, 0.4) is 0 Å². The molecule has 0 amide bonds. The molecule has 0 unspecified atom stereocenters. The minimum atomic E-state index is -3.44. The Morgan fingerprint density at radius 3 is 2.43 bits per heavy atom. The van der Waals surface area contributed by atoms with E-state index >= 15 is 0 Å². The molecule has 0 radical (unpaired) electrons. The maximum Gasteiger partial charge on any atom is 0.236 e. The molecule has 1 aromatic carbocycles. The van der Waals surface area contributed by atoms with Gasteiger partial charge in [-0.05, 0) is 30.0 Å². The molecule has 2 nitrogen and oxygen atoms in total. The zero-order valence-corrected chi connectivity index (χ0v) is 9.82. The smallest absolute Gasteiger partial charge is 0.212 e. The molecule has 0 bridgehead atoms. The minimum Gasteiger partial charge on any atom is -0.212 e. The lowest BCUT2D eigenvalue weighted by molar-refractivity contribution is 0.609. The fraction of sp³-hybridized carbons (Fsp3) is 0.400. The highest BCUT2D eigenvalue weighted by Crippen LogP contribution is 2.15. The Morgan fingerprint density at radius 1 is 1.36 bits per heavy atom. The quantitative estimate of drug-likeness (QED) is 0.751. The van der Waals surface area contributed by atoms with E-state index in [4.69, 9.17) is 10.7 Å². The Balaban J connectivity index is 2.98. The highest BCUT2D eigenvalue weighted by molar-refractivity contribution is 8.13. The van der Waals surface area contributed by atoms with Gasteiger partial charge in [0.25, 0.3) is 0 Å². The molecule has 0 heterocycles. The van der Waals surface area contributed by atoms with Gasteiger partial charge >= 0.3 is 0 Å². The third kappa shape index (κ3) is 3.31. The summed E-state index contributed by atoms with van der Waals surface area (Å²) in [5, 5.41) is 0. The number of rotatable bonds is 3. The van der Waals surface area contributed by atoms with E-state index in [2.05, 4.69) is 6.92 Å². The first-order chi connectivity index (χ1) is 6.42. The second-order valence-corrected chi connectivity index (χ2v) is 6.07. The Bertz CT molecular complexity index is 424. The van der Waals surface area contributed by atoms with Gasteiger partial charge in [-0.3, -0.25) is 0 Å². The number of aryl methyl sites for hydroxylation is 2. The summed E-state index contributed by atoms with van der Waals surface area (Å²) in [5.41, 5.74) is 3.10. The molecule has 4 heteroatoms. The standard InChI is InChI=1S/C10H13ClO2S/c1-3-10-5-4-9(6-8(10)2)7-14(11,12)13/h4-6H,3,7H2,1-2H3. The van der Waals surface area contributed by atoms with Crippen LogP contribution in [0.4, 0.5) is 0 Å². The summed E-state index contributed by atoms with van der Waals surface area (Å²) < 4.78 is 21.7. The SMILES string of the molecule is CCc1ccc(CS(=O)(=O)Cl)cc1C. The molecule has 0 aliphatic carbocycles. The lowest BCUT2D eigenvalue weighted by Crippen LogP contribution is -1.96. The molecule has 0 aliphatic rings. The van der Waals surface area contributed by atoms with Gasteiger partial charge in [-0.15, -0.1) is 0 Å². The van der Waals surface area contributed by atoms with Gasteiger partial charge in [0.1, 0.15) is 0 Å². The third-order valence-electron chi connectivity index (χ3n) is 2.13. The topological polar surface area (TPSA) is 34.1 Å². The summed E-state index contributed by atoms with van der Waals surface area (Å²) in [4.78, 5) is 0. The summed E-state index contributed by atoms with van der Waals surface area (Å²) in [6.07, 6.45) is 0.958. The molecule has 0 spiro atoms. The van der Waals surface area contributed by atoms with Crippen molar-refractivity contribution < 1.29 is 8.42 Å². The fourth-order valence-corrected chi connectivity index (χ4v) is 2.40. The van der Waals surface area contributed by atoms with Crippen molar-refractivity contribution in [2.45, 2.75) is 26.0 Å². The summed E-state index contributed by atoms with van der Waals surface area (Å²) in [6, 6.07) is 5.64. The van der Waals surface area contributed by atoms with Crippen molar-refractivity contribution in [3.63, 3.8) is 0 Å². The zero-order chi connectivity index (χ0) is 10.8. The van der Waals surface area contributed by atoms with Crippen LogP contribution in [-0.4, -0.2) is 8.42 Å². The van der Waals surface area contributed by atoms with Crippen LogP contribution in [0, 0.1) is 6.92 Å². The summed E-state index contributed by atoms with van der Waals surface area (Å²) in [7, 11) is 1.72. The second-order valence-electron chi connectivity index (χ2n) is 3.30. The van der Waals surface area contributed by atoms with E-state index < -0.39 is 9.05 Å². The lowest BCUT2D eigenvalue weighted by Gasteiger charge is -2.05. The molecule has 0 saturated carbocycles. The van der Waals surface area contributed by atoms with E-state index in [0.29, 0.717) is 0 Å². The van der Waals surface area contributed by atoms with Crippen molar-refractivity contribution >= 4 is 19.7 Å². The second kappa shape index (κ2) is 4.32. The Labute approximate surface area is 89.3 Å². The molecule has 1 aromatic rings. The largest absolute Gasteiger partial charge is 0.236 e. The molecule has 78 valence electrons. The molecule has 0 aliphatic heterocycles. The molecule has 0 aromatic heterocycles. The number of hydrogen-bond acceptors (Lipinski definition) is 2. The van der Waals surface area contributed by atoms with E-state index in [-0.39, 0.29) is 5.75 Å². The molecular formula is C10H13ClO2S. The highest BCUT2D eigenvalue weighted by Gasteiger charge is 2.07. The maximum absolute atomic E-state index is 10.8.